The van der Waals surface area contributed by atoms with Crippen LogP contribution in [0.15, 0.2) is 12.2 Å². The Morgan fingerprint density at radius 3 is 1.23 bits per heavy atom. The van der Waals surface area contributed by atoms with Crippen LogP contribution in [0.5, 0.6) is 0 Å². The van der Waals surface area contributed by atoms with Crippen LogP contribution in [0.25, 0.3) is 0 Å². The van der Waals surface area contributed by atoms with Crippen LogP contribution in [0.1, 0.15) is 161 Å². The van der Waals surface area contributed by atoms with E-state index in [1.807, 2.05) is 0 Å². The molecule has 0 heteroatoms. The minimum Gasteiger partial charge on any atom is -0.0885 e. The molecular weight excluding hydrogens is 360 g/mol. The molecular formula is C30H58. The second-order valence-electron chi connectivity index (χ2n) is 9.80. The van der Waals surface area contributed by atoms with Gasteiger partial charge in [0.15, 0.2) is 0 Å². The van der Waals surface area contributed by atoms with Crippen molar-refractivity contribution in [2.24, 2.45) is 5.92 Å². The minimum atomic E-state index is 0.924. The lowest BCUT2D eigenvalue weighted by atomic mass is 9.96. The van der Waals surface area contributed by atoms with Gasteiger partial charge in [0.25, 0.3) is 0 Å². The molecule has 0 aromatic carbocycles. The third-order valence-electron chi connectivity index (χ3n) is 6.55. The van der Waals surface area contributed by atoms with Crippen molar-refractivity contribution in [2.75, 3.05) is 0 Å². The summed E-state index contributed by atoms with van der Waals surface area (Å²) in [5.41, 5.74) is 0. The number of hydrogen-bond acceptors (Lipinski definition) is 0. The second-order valence-corrected chi connectivity index (χ2v) is 9.80. The van der Waals surface area contributed by atoms with Crippen LogP contribution >= 0.6 is 0 Å². The van der Waals surface area contributed by atoms with Gasteiger partial charge in [-0.2, -0.15) is 0 Å². The molecule has 0 bridgehead atoms. The Kier molecular flexibility index (Phi) is 26.5. The van der Waals surface area contributed by atoms with Crippen LogP contribution in [-0.4, -0.2) is 0 Å². The number of allylic oxidation sites excluding steroid dienone is 2. The molecule has 2 radical (unpaired) electrons. The van der Waals surface area contributed by atoms with Crippen molar-refractivity contribution >= 4 is 0 Å². The van der Waals surface area contributed by atoms with Gasteiger partial charge >= 0.3 is 0 Å². The highest BCUT2D eigenvalue weighted by Gasteiger charge is 2.01. The van der Waals surface area contributed by atoms with Crippen molar-refractivity contribution in [1.29, 1.82) is 0 Å². The molecule has 0 amide bonds. The maximum Gasteiger partial charge on any atom is -0.0351 e. The lowest BCUT2D eigenvalue weighted by Gasteiger charge is -2.10. The SMILES string of the molecule is [CH2]CCCCCCCCCCCC/C=C/CCCC(C)CCCCCCCCC[CH2]. The van der Waals surface area contributed by atoms with E-state index in [-0.39, 0.29) is 0 Å². The van der Waals surface area contributed by atoms with Crippen LogP contribution in [0, 0.1) is 19.8 Å². The maximum atomic E-state index is 3.92. The lowest BCUT2D eigenvalue weighted by Crippen LogP contribution is -1.94. The first-order chi connectivity index (χ1) is 14.8. The molecule has 0 aromatic heterocycles. The standard InChI is InChI=1S/C30H58/c1-4-6-8-10-12-14-15-16-17-18-19-20-21-23-25-27-29-30(3)28-26-24-22-13-11-9-7-5-2/h21,23,30H,1-2,4-20,22,24-29H2,3H3/b23-21+. The van der Waals surface area contributed by atoms with Gasteiger partial charge in [0.2, 0.25) is 0 Å². The van der Waals surface area contributed by atoms with E-state index in [0.717, 1.165) is 18.8 Å². The average molecular weight is 419 g/mol. The van der Waals surface area contributed by atoms with Crippen molar-refractivity contribution in [2.45, 2.75) is 161 Å². The molecule has 0 heterocycles. The lowest BCUT2D eigenvalue weighted by molar-refractivity contribution is 0.444. The topological polar surface area (TPSA) is 0 Å². The summed E-state index contributed by atoms with van der Waals surface area (Å²) < 4.78 is 0. The zero-order valence-corrected chi connectivity index (χ0v) is 21.1. The van der Waals surface area contributed by atoms with Gasteiger partial charge in [0.05, 0.1) is 0 Å². The van der Waals surface area contributed by atoms with Crippen molar-refractivity contribution in [3.05, 3.63) is 26.0 Å². The van der Waals surface area contributed by atoms with E-state index in [9.17, 15) is 0 Å². The van der Waals surface area contributed by atoms with E-state index in [0.29, 0.717) is 0 Å². The smallest absolute Gasteiger partial charge is 0.0351 e. The molecule has 0 rings (SSSR count). The van der Waals surface area contributed by atoms with Crippen LogP contribution in [0.3, 0.4) is 0 Å². The Morgan fingerprint density at radius 1 is 0.433 bits per heavy atom. The Morgan fingerprint density at radius 2 is 0.767 bits per heavy atom. The van der Waals surface area contributed by atoms with Gasteiger partial charge in [-0.1, -0.05) is 161 Å². The monoisotopic (exact) mass is 418 g/mol. The molecule has 0 N–H and O–H groups in total. The quantitative estimate of drug-likeness (QED) is 0.102. The summed E-state index contributed by atoms with van der Waals surface area (Å²) in [6, 6.07) is 0. The third kappa shape index (κ3) is 25.8. The largest absolute Gasteiger partial charge is 0.0885 e. The van der Waals surface area contributed by atoms with Crippen LogP contribution in [0.2, 0.25) is 0 Å². The fraction of sp³-hybridized carbons (Fsp3) is 0.867. The molecule has 1 atom stereocenters. The van der Waals surface area contributed by atoms with Gasteiger partial charge in [0, 0.05) is 0 Å². The molecule has 1 unspecified atom stereocenters. The van der Waals surface area contributed by atoms with Crippen molar-refractivity contribution < 1.29 is 0 Å². The first-order valence-corrected chi connectivity index (χ1v) is 14.0. The molecule has 178 valence electrons. The van der Waals surface area contributed by atoms with Gasteiger partial charge in [-0.05, 0) is 31.6 Å². The van der Waals surface area contributed by atoms with E-state index >= 15 is 0 Å². The van der Waals surface area contributed by atoms with Crippen LogP contribution < -0.4 is 0 Å². The number of rotatable bonds is 25. The first kappa shape index (κ1) is 29.7. The highest BCUT2D eigenvalue weighted by atomic mass is 14.1. The summed E-state index contributed by atoms with van der Waals surface area (Å²) in [6.07, 6.45) is 38.1. The average Bonchev–Trinajstić information content (AvgIpc) is 2.75. The van der Waals surface area contributed by atoms with Gasteiger partial charge in [-0.15, -0.1) is 0 Å². The summed E-state index contributed by atoms with van der Waals surface area (Å²) in [4.78, 5) is 0. The van der Waals surface area contributed by atoms with E-state index in [1.54, 1.807) is 0 Å². The van der Waals surface area contributed by atoms with Crippen molar-refractivity contribution in [3.63, 3.8) is 0 Å². The molecule has 0 spiro atoms. The summed E-state index contributed by atoms with van der Waals surface area (Å²) in [6.45, 7) is 10.3. The van der Waals surface area contributed by atoms with Gasteiger partial charge in [-0.3, -0.25) is 0 Å². The highest BCUT2D eigenvalue weighted by Crippen LogP contribution is 2.18. The summed E-state index contributed by atoms with van der Waals surface area (Å²) in [5.74, 6) is 0.924. The van der Waals surface area contributed by atoms with Crippen molar-refractivity contribution in [3.8, 4) is 0 Å². The van der Waals surface area contributed by atoms with Gasteiger partial charge < -0.3 is 0 Å². The molecule has 30 heavy (non-hydrogen) atoms. The second kappa shape index (κ2) is 26.8. The molecule has 0 aliphatic heterocycles. The molecule has 0 saturated carbocycles. The Labute approximate surface area is 193 Å². The fourth-order valence-corrected chi connectivity index (χ4v) is 4.37. The number of unbranched alkanes of at least 4 members (excludes halogenated alkanes) is 19. The number of hydrogen-bond donors (Lipinski definition) is 0. The molecule has 0 fully saturated rings. The van der Waals surface area contributed by atoms with Crippen molar-refractivity contribution in [1.82, 2.24) is 0 Å². The Hall–Kier alpha value is -0.260. The molecule has 0 saturated heterocycles. The molecule has 0 aromatic rings. The molecule has 0 aliphatic carbocycles. The van der Waals surface area contributed by atoms with E-state index < -0.39 is 0 Å². The van der Waals surface area contributed by atoms with E-state index in [2.05, 4.69) is 32.9 Å². The predicted molar refractivity (Wildman–Crippen MR) is 140 cm³/mol. The van der Waals surface area contributed by atoms with Crippen LogP contribution in [0.4, 0.5) is 0 Å². The van der Waals surface area contributed by atoms with Gasteiger partial charge in [0.1, 0.15) is 0 Å². The molecule has 0 nitrogen and oxygen atoms in total. The zero-order chi connectivity index (χ0) is 22.0. The first-order valence-electron chi connectivity index (χ1n) is 14.0. The summed E-state index contributed by atoms with van der Waals surface area (Å²) >= 11 is 0. The third-order valence-corrected chi connectivity index (χ3v) is 6.55. The predicted octanol–water partition coefficient (Wildman–Crippen LogP) is 11.2. The van der Waals surface area contributed by atoms with E-state index in [1.165, 1.54) is 141 Å². The molecule has 0 aliphatic rings. The van der Waals surface area contributed by atoms with E-state index in [4.69, 9.17) is 0 Å². The van der Waals surface area contributed by atoms with Gasteiger partial charge in [-0.25, -0.2) is 0 Å². The highest BCUT2D eigenvalue weighted by molar-refractivity contribution is 4.81. The maximum absolute atomic E-state index is 3.92. The summed E-state index contributed by atoms with van der Waals surface area (Å²) in [7, 11) is 0. The van der Waals surface area contributed by atoms with Crippen LogP contribution in [-0.2, 0) is 0 Å². The normalized spacial score (nSPS) is 12.8. The fourth-order valence-electron chi connectivity index (χ4n) is 4.37. The Balaban J connectivity index is 3.20. The Bertz CT molecular complexity index is 316. The minimum absolute atomic E-state index is 0.924. The zero-order valence-electron chi connectivity index (χ0n) is 21.1. The summed E-state index contributed by atoms with van der Waals surface area (Å²) in [5, 5.41) is 0.